The molecule has 1 radical (unpaired) electrons. The van der Waals surface area contributed by atoms with Gasteiger partial charge in [0.25, 0.3) is 20.2 Å². The maximum Gasteiger partial charge on any atom is 0.298 e. The molecule has 0 saturated heterocycles. The lowest BCUT2D eigenvalue weighted by atomic mass is 10.1. The van der Waals surface area contributed by atoms with Gasteiger partial charge in [-0.15, -0.1) is 0 Å². The van der Waals surface area contributed by atoms with Crippen LogP contribution in [0.4, 0.5) is 5.69 Å². The third-order valence-electron chi connectivity index (χ3n) is 2.50. The lowest BCUT2D eigenvalue weighted by molar-refractivity contribution is 0.467. The molecule has 0 aliphatic carbocycles. The lowest BCUT2D eigenvalue weighted by Gasteiger charge is -2.10. The standard InChI is InChI=1S/C10H8NO6S2/c11-9-7-4-2-1-3-6(7)5-8(18(12,13)14)10(9)19(15,16)17/h1-5,11H,(H,12,13,14)(H,15,16,17). The molecule has 0 unspecified atom stereocenters. The average molecular weight is 302 g/mol. The molecule has 0 atom stereocenters. The smallest absolute Gasteiger partial charge is 0.298 e. The maximum atomic E-state index is 11.2. The lowest BCUT2D eigenvalue weighted by Crippen LogP contribution is -2.09. The van der Waals surface area contributed by atoms with Crippen molar-refractivity contribution in [2.75, 3.05) is 0 Å². The highest BCUT2D eigenvalue weighted by atomic mass is 32.2. The summed E-state index contributed by atoms with van der Waals surface area (Å²) in [5.41, 5.74) is 7.01. The molecule has 101 valence electrons. The van der Waals surface area contributed by atoms with Crippen molar-refractivity contribution in [3.05, 3.63) is 30.3 Å². The summed E-state index contributed by atoms with van der Waals surface area (Å²) in [5.74, 6) is 0. The number of nitrogens with one attached hydrogen (secondary N) is 1. The first kappa shape index (κ1) is 13.7. The van der Waals surface area contributed by atoms with Crippen LogP contribution < -0.4 is 5.73 Å². The summed E-state index contributed by atoms with van der Waals surface area (Å²) in [6, 6.07) is 6.84. The Hall–Kier alpha value is -1.68. The van der Waals surface area contributed by atoms with E-state index in [0.717, 1.165) is 6.07 Å². The van der Waals surface area contributed by atoms with Crippen LogP contribution in [0.5, 0.6) is 0 Å². The fourth-order valence-electron chi connectivity index (χ4n) is 1.75. The van der Waals surface area contributed by atoms with Crippen LogP contribution in [-0.2, 0) is 20.2 Å². The van der Waals surface area contributed by atoms with E-state index in [1.807, 2.05) is 0 Å². The van der Waals surface area contributed by atoms with E-state index in [2.05, 4.69) is 0 Å². The van der Waals surface area contributed by atoms with E-state index in [1.165, 1.54) is 18.2 Å². The molecular formula is C10H8NO6S2. The number of benzene rings is 2. The van der Waals surface area contributed by atoms with E-state index >= 15 is 0 Å². The molecule has 2 aromatic carbocycles. The molecule has 0 saturated carbocycles. The molecule has 0 aliphatic rings. The Morgan fingerprint density at radius 3 is 2.05 bits per heavy atom. The van der Waals surface area contributed by atoms with Crippen molar-refractivity contribution in [3.8, 4) is 0 Å². The van der Waals surface area contributed by atoms with Crippen LogP contribution in [0.2, 0.25) is 0 Å². The van der Waals surface area contributed by atoms with Crippen LogP contribution in [0.1, 0.15) is 0 Å². The van der Waals surface area contributed by atoms with E-state index in [4.69, 9.17) is 14.8 Å². The largest absolute Gasteiger partial charge is 0.299 e. The predicted molar refractivity (Wildman–Crippen MR) is 66.3 cm³/mol. The Balaban J connectivity index is 3.11. The summed E-state index contributed by atoms with van der Waals surface area (Å²) in [4.78, 5) is -2.15. The Morgan fingerprint density at radius 2 is 1.53 bits per heavy atom. The van der Waals surface area contributed by atoms with Gasteiger partial charge in [-0.25, -0.2) is 0 Å². The van der Waals surface area contributed by atoms with Gasteiger partial charge in [0.15, 0.2) is 0 Å². The summed E-state index contributed by atoms with van der Waals surface area (Å²) in [7, 11) is -9.86. The first-order valence-corrected chi connectivity index (χ1v) is 7.72. The highest BCUT2D eigenvalue weighted by Crippen LogP contribution is 2.34. The minimum absolute atomic E-state index is 0.141. The number of rotatable bonds is 2. The second-order valence-electron chi connectivity index (χ2n) is 3.75. The van der Waals surface area contributed by atoms with Crippen LogP contribution in [0.3, 0.4) is 0 Å². The van der Waals surface area contributed by atoms with E-state index in [0.29, 0.717) is 0 Å². The molecule has 3 N–H and O–H groups in total. The third kappa shape index (κ3) is 2.40. The van der Waals surface area contributed by atoms with E-state index < -0.39 is 35.7 Å². The first-order valence-electron chi connectivity index (χ1n) is 4.84. The third-order valence-corrected chi connectivity index (χ3v) is 4.45. The van der Waals surface area contributed by atoms with Gasteiger partial charge in [0, 0.05) is 5.39 Å². The van der Waals surface area contributed by atoms with Gasteiger partial charge in [-0.1, -0.05) is 24.3 Å². The topological polar surface area (TPSA) is 133 Å². The van der Waals surface area contributed by atoms with Crippen LogP contribution in [0.15, 0.2) is 40.1 Å². The van der Waals surface area contributed by atoms with Gasteiger partial charge in [0.05, 0.1) is 5.69 Å². The molecule has 19 heavy (non-hydrogen) atoms. The van der Waals surface area contributed by atoms with Gasteiger partial charge >= 0.3 is 0 Å². The highest BCUT2D eigenvalue weighted by Gasteiger charge is 2.28. The van der Waals surface area contributed by atoms with Gasteiger partial charge in [-0.2, -0.15) is 16.8 Å². The zero-order valence-electron chi connectivity index (χ0n) is 9.23. The predicted octanol–water partition coefficient (Wildman–Crippen LogP) is 1.25. The molecule has 0 amide bonds. The van der Waals surface area contributed by atoms with Crippen LogP contribution >= 0.6 is 0 Å². The normalized spacial score (nSPS) is 12.7. The highest BCUT2D eigenvalue weighted by molar-refractivity contribution is 7.89. The van der Waals surface area contributed by atoms with Crippen molar-refractivity contribution in [1.82, 2.24) is 5.73 Å². The SMILES string of the molecule is [NH]c1c(S(=O)(=O)O)c(S(=O)(=O)O)cc2ccccc12. The summed E-state index contributed by atoms with van der Waals surface area (Å²) < 4.78 is 62.9. The monoisotopic (exact) mass is 302 g/mol. The molecule has 9 heteroatoms. The molecule has 0 aromatic heterocycles. The molecule has 2 rings (SSSR count). The van der Waals surface area contributed by atoms with Crippen LogP contribution in [0, 0.1) is 0 Å². The molecule has 0 fully saturated rings. The van der Waals surface area contributed by atoms with Crippen molar-refractivity contribution in [2.24, 2.45) is 0 Å². The molecule has 0 spiro atoms. The zero-order valence-corrected chi connectivity index (χ0v) is 10.9. The number of hydrogen-bond donors (Lipinski definition) is 2. The maximum absolute atomic E-state index is 11.2. The first-order chi connectivity index (χ1) is 8.62. The minimum atomic E-state index is -4.97. The van der Waals surface area contributed by atoms with Gasteiger partial charge in [0.2, 0.25) is 0 Å². The zero-order chi connectivity index (χ0) is 14.4. The Kier molecular flexibility index (Phi) is 3.01. The van der Waals surface area contributed by atoms with Crippen molar-refractivity contribution in [2.45, 2.75) is 9.79 Å². The molecule has 7 nitrogen and oxygen atoms in total. The van der Waals surface area contributed by atoms with E-state index in [-0.39, 0.29) is 10.8 Å². The van der Waals surface area contributed by atoms with Crippen LogP contribution in [0.25, 0.3) is 10.8 Å². The Morgan fingerprint density at radius 1 is 0.947 bits per heavy atom. The van der Waals surface area contributed by atoms with Gasteiger partial charge < -0.3 is 0 Å². The fourth-order valence-corrected chi connectivity index (χ4v) is 3.68. The summed E-state index contributed by atoms with van der Waals surface area (Å²) in [5, 5.41) is 0.398. The van der Waals surface area contributed by atoms with E-state index in [9.17, 15) is 16.8 Å². The summed E-state index contributed by atoms with van der Waals surface area (Å²) in [6.07, 6.45) is 0. The summed E-state index contributed by atoms with van der Waals surface area (Å²) in [6.45, 7) is 0. The molecule has 0 aliphatic heterocycles. The molecule has 2 aromatic rings. The van der Waals surface area contributed by atoms with Crippen LogP contribution in [-0.4, -0.2) is 25.9 Å². The summed E-state index contributed by atoms with van der Waals surface area (Å²) >= 11 is 0. The number of hydrogen-bond acceptors (Lipinski definition) is 4. The average Bonchev–Trinajstić information content (AvgIpc) is 2.26. The quantitative estimate of drug-likeness (QED) is 0.802. The van der Waals surface area contributed by atoms with Crippen molar-refractivity contribution in [1.29, 1.82) is 0 Å². The van der Waals surface area contributed by atoms with Crippen molar-refractivity contribution in [3.63, 3.8) is 0 Å². The minimum Gasteiger partial charge on any atom is -0.299 e. The second-order valence-corrected chi connectivity index (χ2v) is 6.50. The molecule has 0 heterocycles. The molecule has 0 bridgehead atoms. The Labute approximate surface area is 109 Å². The van der Waals surface area contributed by atoms with Crippen molar-refractivity contribution >= 4 is 36.7 Å². The van der Waals surface area contributed by atoms with E-state index in [1.54, 1.807) is 6.07 Å². The number of fused-ring (bicyclic) bond motifs is 1. The van der Waals surface area contributed by atoms with Gasteiger partial charge in [-0.05, 0) is 11.5 Å². The molecular weight excluding hydrogens is 294 g/mol. The van der Waals surface area contributed by atoms with Crippen molar-refractivity contribution < 1.29 is 25.9 Å². The Bertz CT molecular complexity index is 870. The fraction of sp³-hybridized carbons (Fsp3) is 0. The van der Waals surface area contributed by atoms with Gasteiger partial charge in [-0.3, -0.25) is 14.8 Å². The van der Waals surface area contributed by atoms with Gasteiger partial charge in [0.1, 0.15) is 9.79 Å². The second kappa shape index (κ2) is 4.17.